The molecular formula is C14H13N3OS3. The second-order valence-corrected chi connectivity index (χ2v) is 7.33. The van der Waals surface area contributed by atoms with Gasteiger partial charge in [-0.1, -0.05) is 17.8 Å². The molecule has 3 heterocycles. The summed E-state index contributed by atoms with van der Waals surface area (Å²) in [5, 5.41) is 5.92. The first-order valence-electron chi connectivity index (χ1n) is 6.31. The van der Waals surface area contributed by atoms with Crippen molar-refractivity contribution in [3.05, 3.63) is 40.2 Å². The Hall–Kier alpha value is -1.44. The number of carbonyl (C=O) groups excluding carboxylic acids is 1. The number of fused-ring (bicyclic) bond motifs is 1. The molecule has 0 saturated carbocycles. The van der Waals surface area contributed by atoms with E-state index < -0.39 is 0 Å². The molecule has 1 amide bonds. The minimum Gasteiger partial charge on any atom is -0.340 e. The number of thioether (sulfide) groups is 1. The van der Waals surface area contributed by atoms with Crippen LogP contribution in [0.4, 0.5) is 0 Å². The maximum Gasteiger partial charge on any atom is 0.233 e. The van der Waals surface area contributed by atoms with Crippen molar-refractivity contribution < 1.29 is 4.79 Å². The van der Waals surface area contributed by atoms with Gasteiger partial charge in [0.25, 0.3) is 0 Å². The van der Waals surface area contributed by atoms with Gasteiger partial charge >= 0.3 is 0 Å². The standard InChI is InChI=1S/C14H13N3OS3/c1-17(7-10-3-2-5-19-10)12(18)8-21-14-11-4-6-20-13(11)15-9-16-14/h2-6,9H,7-8H2,1H3. The molecule has 4 nitrogen and oxygen atoms in total. The molecule has 0 unspecified atom stereocenters. The van der Waals surface area contributed by atoms with Crippen LogP contribution in [0.2, 0.25) is 0 Å². The summed E-state index contributed by atoms with van der Waals surface area (Å²) in [5.74, 6) is 0.500. The molecule has 0 fully saturated rings. The predicted octanol–water partition coefficient (Wildman–Crippen LogP) is 3.50. The summed E-state index contributed by atoms with van der Waals surface area (Å²) < 4.78 is 0. The number of nitrogens with zero attached hydrogens (tertiary/aromatic N) is 3. The van der Waals surface area contributed by atoms with Crippen molar-refractivity contribution in [1.82, 2.24) is 14.9 Å². The summed E-state index contributed by atoms with van der Waals surface area (Å²) in [4.78, 5) is 24.6. The second kappa shape index (κ2) is 6.55. The fraction of sp³-hybridized carbons (Fsp3) is 0.214. The van der Waals surface area contributed by atoms with E-state index in [1.807, 2.05) is 36.0 Å². The van der Waals surface area contributed by atoms with E-state index in [2.05, 4.69) is 9.97 Å². The maximum atomic E-state index is 12.2. The zero-order chi connectivity index (χ0) is 14.7. The second-order valence-electron chi connectivity index (χ2n) is 4.44. The summed E-state index contributed by atoms with van der Waals surface area (Å²) >= 11 is 4.72. The third-order valence-electron chi connectivity index (χ3n) is 2.96. The van der Waals surface area contributed by atoms with Crippen molar-refractivity contribution in [3.8, 4) is 0 Å². The molecule has 0 N–H and O–H groups in total. The quantitative estimate of drug-likeness (QED) is 0.529. The Bertz CT molecular complexity index is 739. The average molecular weight is 335 g/mol. The highest BCUT2D eigenvalue weighted by Crippen LogP contribution is 2.27. The van der Waals surface area contributed by atoms with Gasteiger partial charge in [-0.2, -0.15) is 0 Å². The van der Waals surface area contributed by atoms with E-state index in [-0.39, 0.29) is 5.91 Å². The fourth-order valence-electron chi connectivity index (χ4n) is 1.85. The Morgan fingerprint density at radius 1 is 1.29 bits per heavy atom. The van der Waals surface area contributed by atoms with E-state index >= 15 is 0 Å². The summed E-state index contributed by atoms with van der Waals surface area (Å²) in [6.45, 7) is 0.661. The van der Waals surface area contributed by atoms with Crippen molar-refractivity contribution in [2.75, 3.05) is 12.8 Å². The number of thiophene rings is 2. The van der Waals surface area contributed by atoms with Gasteiger partial charge in [0.15, 0.2) is 0 Å². The predicted molar refractivity (Wildman–Crippen MR) is 88.9 cm³/mol. The third-order valence-corrected chi connectivity index (χ3v) is 5.63. The maximum absolute atomic E-state index is 12.2. The van der Waals surface area contributed by atoms with Gasteiger partial charge in [0.05, 0.1) is 12.3 Å². The molecule has 21 heavy (non-hydrogen) atoms. The number of hydrogen-bond donors (Lipinski definition) is 0. The van der Waals surface area contributed by atoms with Gasteiger partial charge in [0.2, 0.25) is 5.91 Å². The molecule has 108 valence electrons. The minimum atomic E-state index is 0.107. The van der Waals surface area contributed by atoms with Gasteiger partial charge < -0.3 is 4.90 Å². The normalized spacial score (nSPS) is 10.9. The lowest BCUT2D eigenvalue weighted by molar-refractivity contribution is -0.127. The van der Waals surface area contributed by atoms with Crippen LogP contribution in [0, 0.1) is 0 Å². The van der Waals surface area contributed by atoms with Gasteiger partial charge in [-0.25, -0.2) is 9.97 Å². The molecule has 0 radical (unpaired) electrons. The van der Waals surface area contributed by atoms with Crippen molar-refractivity contribution in [2.45, 2.75) is 11.6 Å². The van der Waals surface area contributed by atoms with Crippen LogP contribution in [0.5, 0.6) is 0 Å². The largest absolute Gasteiger partial charge is 0.340 e. The van der Waals surface area contributed by atoms with Gasteiger partial charge in [0, 0.05) is 17.3 Å². The number of hydrogen-bond acceptors (Lipinski definition) is 6. The monoisotopic (exact) mass is 335 g/mol. The van der Waals surface area contributed by atoms with Crippen LogP contribution >= 0.6 is 34.4 Å². The first-order valence-corrected chi connectivity index (χ1v) is 9.06. The van der Waals surface area contributed by atoms with E-state index in [4.69, 9.17) is 0 Å². The molecule has 0 bridgehead atoms. The van der Waals surface area contributed by atoms with Crippen molar-refractivity contribution in [1.29, 1.82) is 0 Å². The van der Waals surface area contributed by atoms with Crippen LogP contribution in [0.1, 0.15) is 4.88 Å². The number of amides is 1. The molecular weight excluding hydrogens is 322 g/mol. The Kier molecular flexibility index (Phi) is 4.52. The molecule has 7 heteroatoms. The van der Waals surface area contributed by atoms with E-state index in [0.717, 1.165) is 15.2 Å². The van der Waals surface area contributed by atoms with Gasteiger partial charge in [-0.05, 0) is 22.9 Å². The number of aromatic nitrogens is 2. The molecule has 0 atom stereocenters. The summed E-state index contributed by atoms with van der Waals surface area (Å²) in [6.07, 6.45) is 1.56. The molecule has 0 spiro atoms. The lowest BCUT2D eigenvalue weighted by Gasteiger charge is -2.15. The highest BCUT2D eigenvalue weighted by atomic mass is 32.2. The number of rotatable bonds is 5. The molecule has 0 aromatic carbocycles. The summed E-state index contributed by atoms with van der Waals surface area (Å²) in [5.41, 5.74) is 0. The van der Waals surface area contributed by atoms with Crippen LogP contribution in [0.15, 0.2) is 40.3 Å². The molecule has 3 aromatic rings. The number of carbonyl (C=O) groups is 1. The fourth-order valence-corrected chi connectivity index (χ4v) is 4.32. The van der Waals surface area contributed by atoms with Crippen LogP contribution in [-0.2, 0) is 11.3 Å². The Labute approximate surface area is 134 Å². The van der Waals surface area contributed by atoms with Crippen molar-refractivity contribution in [3.63, 3.8) is 0 Å². The lowest BCUT2D eigenvalue weighted by atomic mass is 10.4. The zero-order valence-corrected chi connectivity index (χ0v) is 13.8. The smallest absolute Gasteiger partial charge is 0.233 e. The van der Waals surface area contributed by atoms with E-state index in [1.165, 1.54) is 16.6 Å². The van der Waals surface area contributed by atoms with E-state index in [1.54, 1.807) is 33.9 Å². The highest BCUT2D eigenvalue weighted by molar-refractivity contribution is 8.00. The van der Waals surface area contributed by atoms with Gasteiger partial charge in [-0.15, -0.1) is 22.7 Å². The van der Waals surface area contributed by atoms with Crippen LogP contribution in [-0.4, -0.2) is 33.6 Å². The Morgan fingerprint density at radius 2 is 2.19 bits per heavy atom. The lowest BCUT2D eigenvalue weighted by Crippen LogP contribution is -2.27. The zero-order valence-electron chi connectivity index (χ0n) is 11.4. The topological polar surface area (TPSA) is 46.1 Å². The molecule has 3 rings (SSSR count). The Balaban J connectivity index is 1.61. The minimum absolute atomic E-state index is 0.107. The van der Waals surface area contributed by atoms with Crippen LogP contribution in [0.3, 0.4) is 0 Å². The van der Waals surface area contributed by atoms with Crippen molar-refractivity contribution >= 4 is 50.6 Å². The van der Waals surface area contributed by atoms with E-state index in [9.17, 15) is 4.79 Å². The summed E-state index contributed by atoms with van der Waals surface area (Å²) in [6, 6.07) is 6.05. The molecule has 0 aliphatic carbocycles. The highest BCUT2D eigenvalue weighted by Gasteiger charge is 2.12. The first kappa shape index (κ1) is 14.5. The van der Waals surface area contributed by atoms with Gasteiger partial charge in [-0.3, -0.25) is 4.79 Å². The molecule has 0 saturated heterocycles. The van der Waals surface area contributed by atoms with E-state index in [0.29, 0.717) is 12.3 Å². The Morgan fingerprint density at radius 3 is 3.00 bits per heavy atom. The first-order chi connectivity index (χ1) is 10.2. The SMILES string of the molecule is CN(Cc1cccs1)C(=O)CSc1ncnc2sccc12. The van der Waals surface area contributed by atoms with Crippen LogP contribution < -0.4 is 0 Å². The van der Waals surface area contributed by atoms with Crippen LogP contribution in [0.25, 0.3) is 10.2 Å². The summed E-state index contributed by atoms with van der Waals surface area (Å²) in [7, 11) is 1.84. The third kappa shape index (κ3) is 3.42. The average Bonchev–Trinajstić information content (AvgIpc) is 3.15. The van der Waals surface area contributed by atoms with Crippen molar-refractivity contribution in [2.24, 2.45) is 0 Å². The molecule has 0 aliphatic rings. The molecule has 3 aromatic heterocycles. The molecule has 0 aliphatic heterocycles. The van der Waals surface area contributed by atoms with Gasteiger partial charge in [0.1, 0.15) is 16.2 Å².